The molecule has 1 amide bonds. The summed E-state index contributed by atoms with van der Waals surface area (Å²) in [6.07, 6.45) is 3.78. The molecule has 2 rings (SSSR count). The van der Waals surface area contributed by atoms with E-state index in [1.807, 2.05) is 0 Å². The van der Waals surface area contributed by atoms with Gasteiger partial charge in [0.1, 0.15) is 0 Å². The van der Waals surface area contributed by atoms with E-state index in [-0.39, 0.29) is 29.4 Å². The van der Waals surface area contributed by atoms with Crippen molar-refractivity contribution in [3.05, 3.63) is 0 Å². The number of hydrogen-bond donors (Lipinski definition) is 1. The molecule has 1 heterocycles. The third-order valence-electron chi connectivity index (χ3n) is 3.79. The van der Waals surface area contributed by atoms with E-state index in [1.54, 1.807) is 0 Å². The number of sulfone groups is 1. The monoisotopic (exact) mass is 323 g/mol. The number of alkyl halides is 1. The number of hydrogen-bond acceptors (Lipinski definition) is 3. The lowest BCUT2D eigenvalue weighted by molar-refractivity contribution is -0.125. The predicted octanol–water partition coefficient (Wildman–Crippen LogP) is 1.10. The molecule has 98 valence electrons. The van der Waals surface area contributed by atoms with E-state index in [0.717, 1.165) is 24.6 Å². The number of amides is 1. The zero-order valence-corrected chi connectivity index (χ0v) is 12.1. The van der Waals surface area contributed by atoms with Gasteiger partial charge in [-0.1, -0.05) is 22.4 Å². The second-order valence-electron chi connectivity index (χ2n) is 5.06. The zero-order valence-electron chi connectivity index (χ0n) is 9.69. The van der Waals surface area contributed by atoms with E-state index in [4.69, 9.17) is 0 Å². The largest absolute Gasteiger partial charge is 0.353 e. The third-order valence-corrected chi connectivity index (χ3v) is 6.39. The zero-order chi connectivity index (χ0) is 12.5. The normalized spacial score (nSPS) is 35.9. The molecule has 0 radical (unpaired) electrons. The average Bonchev–Trinajstić information content (AvgIpc) is 2.84. The molecule has 0 aromatic heterocycles. The Morgan fingerprint density at radius 1 is 1.29 bits per heavy atom. The van der Waals surface area contributed by atoms with Gasteiger partial charge in [0, 0.05) is 11.4 Å². The van der Waals surface area contributed by atoms with Crippen molar-refractivity contribution >= 4 is 31.7 Å². The first-order chi connectivity index (χ1) is 8.02. The van der Waals surface area contributed by atoms with Gasteiger partial charge in [0.2, 0.25) is 5.91 Å². The summed E-state index contributed by atoms with van der Waals surface area (Å²) in [5, 5.41) is 3.93. The summed E-state index contributed by atoms with van der Waals surface area (Å²) >= 11 is 3.46. The van der Waals surface area contributed by atoms with Crippen molar-refractivity contribution in [1.82, 2.24) is 5.32 Å². The van der Waals surface area contributed by atoms with Crippen molar-refractivity contribution in [2.24, 2.45) is 11.8 Å². The first-order valence-corrected chi connectivity index (χ1v) is 9.03. The predicted molar refractivity (Wildman–Crippen MR) is 69.8 cm³/mol. The van der Waals surface area contributed by atoms with Gasteiger partial charge in [-0.15, -0.1) is 0 Å². The fourth-order valence-corrected chi connectivity index (χ4v) is 5.23. The van der Waals surface area contributed by atoms with Crippen molar-refractivity contribution in [2.75, 3.05) is 16.8 Å². The second-order valence-corrected chi connectivity index (χ2v) is 7.94. The van der Waals surface area contributed by atoms with E-state index in [1.165, 1.54) is 0 Å². The first-order valence-electron chi connectivity index (χ1n) is 6.08. The van der Waals surface area contributed by atoms with Gasteiger partial charge in [-0.2, -0.15) is 0 Å². The first kappa shape index (κ1) is 13.3. The Balaban J connectivity index is 1.89. The molecule has 1 saturated carbocycles. The number of nitrogens with one attached hydrogen (secondary N) is 1. The lowest BCUT2D eigenvalue weighted by Gasteiger charge is -2.20. The van der Waals surface area contributed by atoms with Crippen LogP contribution in [0.1, 0.15) is 25.7 Å². The topological polar surface area (TPSA) is 63.2 Å². The maximum absolute atomic E-state index is 12.0. The van der Waals surface area contributed by atoms with E-state index in [0.29, 0.717) is 12.3 Å². The van der Waals surface area contributed by atoms with Crippen LogP contribution in [0, 0.1) is 11.8 Å². The molecule has 6 heteroatoms. The molecule has 0 spiro atoms. The van der Waals surface area contributed by atoms with Crippen LogP contribution in [0.15, 0.2) is 0 Å². The molecule has 0 aromatic rings. The molecule has 0 aromatic carbocycles. The van der Waals surface area contributed by atoms with Crippen LogP contribution >= 0.6 is 15.9 Å². The van der Waals surface area contributed by atoms with E-state index in [9.17, 15) is 13.2 Å². The van der Waals surface area contributed by atoms with Crippen molar-refractivity contribution in [1.29, 1.82) is 0 Å². The Morgan fingerprint density at radius 3 is 2.65 bits per heavy atom. The lowest BCUT2D eigenvalue weighted by Crippen LogP contribution is -2.41. The van der Waals surface area contributed by atoms with E-state index < -0.39 is 9.84 Å². The number of halogens is 1. The molecule has 3 unspecified atom stereocenters. The van der Waals surface area contributed by atoms with Gasteiger partial charge >= 0.3 is 0 Å². The van der Waals surface area contributed by atoms with Crippen LogP contribution < -0.4 is 5.32 Å². The van der Waals surface area contributed by atoms with Crippen LogP contribution in [0.25, 0.3) is 0 Å². The van der Waals surface area contributed by atoms with Crippen molar-refractivity contribution in [3.8, 4) is 0 Å². The van der Waals surface area contributed by atoms with Crippen molar-refractivity contribution in [2.45, 2.75) is 31.7 Å². The quantitative estimate of drug-likeness (QED) is 0.791. The maximum atomic E-state index is 12.0. The molecule has 2 aliphatic rings. The molecular weight excluding hydrogens is 306 g/mol. The summed E-state index contributed by atoms with van der Waals surface area (Å²) in [6, 6.07) is 0.227. The molecule has 3 atom stereocenters. The minimum atomic E-state index is -2.96. The van der Waals surface area contributed by atoms with Crippen LogP contribution in [-0.4, -0.2) is 37.2 Å². The van der Waals surface area contributed by atoms with Crippen LogP contribution in [0.2, 0.25) is 0 Å². The average molecular weight is 324 g/mol. The molecule has 2 fully saturated rings. The highest BCUT2D eigenvalue weighted by Gasteiger charge is 2.35. The molecule has 1 N–H and O–H groups in total. The molecule has 0 bridgehead atoms. The standard InChI is InChI=1S/C11H18BrNO3S/c12-6-8-2-1-3-10(8)13-11(14)9-4-5-17(15,16)7-9/h8-10H,1-7H2,(H,13,14). The molecule has 1 aliphatic carbocycles. The summed E-state index contributed by atoms with van der Waals surface area (Å²) in [5.74, 6) is 0.305. The highest BCUT2D eigenvalue weighted by Crippen LogP contribution is 2.28. The van der Waals surface area contributed by atoms with Gasteiger partial charge in [-0.25, -0.2) is 8.42 Å². The van der Waals surface area contributed by atoms with Crippen LogP contribution in [0.5, 0.6) is 0 Å². The molecule has 1 aliphatic heterocycles. The van der Waals surface area contributed by atoms with Crippen molar-refractivity contribution < 1.29 is 13.2 Å². The minimum Gasteiger partial charge on any atom is -0.353 e. The van der Waals surface area contributed by atoms with E-state index >= 15 is 0 Å². The SMILES string of the molecule is O=C(NC1CCCC1CBr)C1CCS(=O)(=O)C1. The van der Waals surface area contributed by atoms with Crippen LogP contribution in [0.3, 0.4) is 0 Å². The van der Waals surface area contributed by atoms with E-state index in [2.05, 4.69) is 21.2 Å². The lowest BCUT2D eigenvalue weighted by atomic mass is 10.0. The molecule has 4 nitrogen and oxygen atoms in total. The second kappa shape index (κ2) is 5.26. The van der Waals surface area contributed by atoms with Gasteiger partial charge in [0.25, 0.3) is 0 Å². The molecule has 17 heavy (non-hydrogen) atoms. The summed E-state index contributed by atoms with van der Waals surface area (Å²) in [7, 11) is -2.96. The Kier molecular flexibility index (Phi) is 4.13. The summed E-state index contributed by atoms with van der Waals surface area (Å²) in [5.41, 5.74) is 0. The highest BCUT2D eigenvalue weighted by molar-refractivity contribution is 9.09. The summed E-state index contributed by atoms with van der Waals surface area (Å²) < 4.78 is 22.6. The molecular formula is C11H18BrNO3S. The fraction of sp³-hybridized carbons (Fsp3) is 0.909. The Morgan fingerprint density at radius 2 is 2.06 bits per heavy atom. The Labute approximate surface area is 111 Å². The maximum Gasteiger partial charge on any atom is 0.224 e. The van der Waals surface area contributed by atoms with Gasteiger partial charge in [-0.05, 0) is 25.2 Å². The van der Waals surface area contributed by atoms with Crippen LogP contribution in [0.4, 0.5) is 0 Å². The number of carbonyl (C=O) groups excluding carboxylic acids is 1. The van der Waals surface area contributed by atoms with Gasteiger partial charge in [-0.3, -0.25) is 4.79 Å². The van der Waals surface area contributed by atoms with Gasteiger partial charge in [0.05, 0.1) is 17.4 Å². The Hall–Kier alpha value is -0.100. The fourth-order valence-electron chi connectivity index (χ4n) is 2.71. The number of carbonyl (C=O) groups is 1. The van der Waals surface area contributed by atoms with Crippen molar-refractivity contribution in [3.63, 3.8) is 0 Å². The summed E-state index contributed by atoms with van der Waals surface area (Å²) in [6.45, 7) is 0. The highest BCUT2D eigenvalue weighted by atomic mass is 79.9. The van der Waals surface area contributed by atoms with Crippen LogP contribution in [-0.2, 0) is 14.6 Å². The molecule has 1 saturated heterocycles. The van der Waals surface area contributed by atoms with Gasteiger partial charge < -0.3 is 5.32 Å². The third kappa shape index (κ3) is 3.22. The minimum absolute atomic E-state index is 0.0323. The number of rotatable bonds is 3. The van der Waals surface area contributed by atoms with Gasteiger partial charge in [0.15, 0.2) is 9.84 Å². The Bertz CT molecular complexity index is 396. The smallest absolute Gasteiger partial charge is 0.224 e. The summed E-state index contributed by atoms with van der Waals surface area (Å²) in [4.78, 5) is 12.0.